The number of carboxylic acid groups (broad SMARTS) is 1. The number of fused-ring (bicyclic) bond motifs is 1. The Balaban J connectivity index is 1.62. The van der Waals surface area contributed by atoms with Crippen LogP contribution in [0.5, 0.6) is 0 Å². The van der Waals surface area contributed by atoms with Crippen LogP contribution < -0.4 is 4.90 Å². The lowest BCUT2D eigenvalue weighted by Gasteiger charge is -2.29. The highest BCUT2D eigenvalue weighted by Crippen LogP contribution is 2.28. The van der Waals surface area contributed by atoms with Crippen LogP contribution in [0.25, 0.3) is 28.2 Å². The number of imidazole rings is 1. The molecule has 9 nitrogen and oxygen atoms in total. The predicted molar refractivity (Wildman–Crippen MR) is 115 cm³/mol. The van der Waals surface area contributed by atoms with Crippen molar-refractivity contribution in [2.75, 3.05) is 31.2 Å². The second-order valence-electron chi connectivity index (χ2n) is 7.55. The molecule has 5 rings (SSSR count). The van der Waals surface area contributed by atoms with E-state index in [0.29, 0.717) is 30.2 Å². The fourth-order valence-electron chi connectivity index (χ4n) is 3.84. The van der Waals surface area contributed by atoms with Gasteiger partial charge in [-0.2, -0.15) is 5.10 Å². The molecule has 0 spiro atoms. The van der Waals surface area contributed by atoms with Gasteiger partial charge in [-0.15, -0.1) is 0 Å². The van der Waals surface area contributed by atoms with Crippen LogP contribution in [0.2, 0.25) is 0 Å². The summed E-state index contributed by atoms with van der Waals surface area (Å²) in [5, 5.41) is 14.0. The summed E-state index contributed by atoms with van der Waals surface area (Å²) in [7, 11) is 0. The molecule has 1 aliphatic rings. The molecule has 158 valence electrons. The lowest BCUT2D eigenvalue weighted by Crippen LogP contribution is -2.36. The van der Waals surface area contributed by atoms with Crippen molar-refractivity contribution in [1.29, 1.82) is 0 Å². The maximum atomic E-state index is 11.3. The molecule has 9 heteroatoms. The molecule has 0 atom stereocenters. The monoisotopic (exact) mass is 418 g/mol. The third-order valence-electron chi connectivity index (χ3n) is 5.33. The highest BCUT2D eigenvalue weighted by atomic mass is 16.5. The molecule has 1 fully saturated rings. The minimum atomic E-state index is -0.944. The Hall–Kier alpha value is -3.72. The van der Waals surface area contributed by atoms with Crippen molar-refractivity contribution >= 4 is 22.8 Å². The molecule has 4 aromatic rings. The molecule has 4 heterocycles. The Labute approximate surface area is 178 Å². The number of ether oxygens (including phenoxy) is 1. The predicted octanol–water partition coefficient (Wildman–Crippen LogP) is 2.51. The van der Waals surface area contributed by atoms with Gasteiger partial charge in [-0.05, 0) is 19.1 Å². The van der Waals surface area contributed by atoms with E-state index in [1.54, 1.807) is 9.25 Å². The summed E-state index contributed by atoms with van der Waals surface area (Å²) in [5.74, 6) is -0.333. The number of pyridine rings is 1. The molecule has 1 aliphatic heterocycles. The summed E-state index contributed by atoms with van der Waals surface area (Å²) in [5.41, 5.74) is 5.15. The molecular formula is C22H22N6O3. The smallest absolute Gasteiger partial charge is 0.323 e. The number of aromatic nitrogens is 5. The molecular weight excluding hydrogens is 396 g/mol. The number of rotatable bonds is 5. The number of aryl methyl sites for hydroxylation is 1. The molecule has 1 saturated heterocycles. The van der Waals surface area contributed by atoms with Crippen molar-refractivity contribution in [3.05, 3.63) is 54.5 Å². The molecule has 3 aromatic heterocycles. The van der Waals surface area contributed by atoms with Gasteiger partial charge in [0.05, 0.1) is 30.9 Å². The van der Waals surface area contributed by atoms with Gasteiger partial charge in [0.25, 0.3) is 0 Å². The van der Waals surface area contributed by atoms with Gasteiger partial charge in [0.15, 0.2) is 11.5 Å². The molecule has 0 radical (unpaired) electrons. The van der Waals surface area contributed by atoms with Crippen molar-refractivity contribution in [2.24, 2.45) is 0 Å². The van der Waals surface area contributed by atoms with Gasteiger partial charge in [0.1, 0.15) is 12.1 Å². The zero-order chi connectivity index (χ0) is 21.4. The molecule has 0 bridgehead atoms. The topological polar surface area (TPSA) is 98.3 Å². The Bertz CT molecular complexity index is 1260. The third kappa shape index (κ3) is 3.75. The number of nitrogens with zero attached hydrogens (tertiary/aromatic N) is 6. The van der Waals surface area contributed by atoms with Gasteiger partial charge in [0.2, 0.25) is 0 Å². The zero-order valence-corrected chi connectivity index (χ0v) is 17.1. The SMILES string of the molecule is Cc1cccc(-c2ccn(-c3cc(N4CCOCC4)c4ncn(CC(=O)O)c4n3)n2)c1. The number of hydrogen-bond acceptors (Lipinski definition) is 6. The molecule has 1 aromatic carbocycles. The van der Waals surface area contributed by atoms with Crippen molar-refractivity contribution < 1.29 is 14.6 Å². The Morgan fingerprint density at radius 1 is 1.19 bits per heavy atom. The Morgan fingerprint density at radius 3 is 2.81 bits per heavy atom. The summed E-state index contributed by atoms with van der Waals surface area (Å²) in [6.45, 7) is 4.58. The van der Waals surface area contributed by atoms with Crippen molar-refractivity contribution in [3.63, 3.8) is 0 Å². The second kappa shape index (κ2) is 7.84. The zero-order valence-electron chi connectivity index (χ0n) is 17.1. The van der Waals surface area contributed by atoms with Crippen molar-refractivity contribution in [1.82, 2.24) is 24.3 Å². The van der Waals surface area contributed by atoms with E-state index in [1.807, 2.05) is 43.5 Å². The van der Waals surface area contributed by atoms with Crippen molar-refractivity contribution in [3.8, 4) is 17.1 Å². The lowest BCUT2D eigenvalue weighted by molar-refractivity contribution is -0.137. The number of hydrogen-bond donors (Lipinski definition) is 1. The third-order valence-corrected chi connectivity index (χ3v) is 5.33. The van der Waals surface area contributed by atoms with E-state index < -0.39 is 5.97 Å². The number of morpholine rings is 1. The van der Waals surface area contributed by atoms with Gasteiger partial charge >= 0.3 is 5.97 Å². The van der Waals surface area contributed by atoms with Gasteiger partial charge in [-0.3, -0.25) is 4.79 Å². The number of aliphatic carboxylic acids is 1. The van der Waals surface area contributed by atoms with E-state index in [0.717, 1.165) is 30.0 Å². The van der Waals surface area contributed by atoms with E-state index >= 15 is 0 Å². The van der Waals surface area contributed by atoms with Crippen LogP contribution in [-0.4, -0.2) is 61.7 Å². The first-order chi connectivity index (χ1) is 15.1. The highest BCUT2D eigenvalue weighted by Gasteiger charge is 2.20. The molecule has 0 aliphatic carbocycles. The fraction of sp³-hybridized carbons (Fsp3) is 0.273. The van der Waals surface area contributed by atoms with Crippen LogP contribution in [0.3, 0.4) is 0 Å². The first kappa shape index (κ1) is 19.3. The summed E-state index contributed by atoms with van der Waals surface area (Å²) in [6.07, 6.45) is 3.40. The minimum Gasteiger partial charge on any atom is -0.480 e. The van der Waals surface area contributed by atoms with Crippen LogP contribution in [-0.2, 0) is 16.1 Å². The number of carboxylic acids is 1. The van der Waals surface area contributed by atoms with E-state index in [2.05, 4.69) is 16.0 Å². The van der Waals surface area contributed by atoms with Gasteiger partial charge in [-0.1, -0.05) is 23.8 Å². The number of anilines is 1. The molecule has 1 N–H and O–H groups in total. The summed E-state index contributed by atoms with van der Waals surface area (Å²) in [6, 6.07) is 12.1. The van der Waals surface area contributed by atoms with Crippen LogP contribution in [0.1, 0.15) is 5.56 Å². The van der Waals surface area contributed by atoms with E-state index in [4.69, 9.17) is 14.8 Å². The van der Waals surface area contributed by atoms with Crippen LogP contribution in [0.15, 0.2) is 48.9 Å². The van der Waals surface area contributed by atoms with Crippen LogP contribution in [0, 0.1) is 6.92 Å². The average molecular weight is 418 g/mol. The van der Waals surface area contributed by atoms with Gasteiger partial charge < -0.3 is 19.3 Å². The van der Waals surface area contributed by atoms with E-state index in [-0.39, 0.29) is 6.54 Å². The van der Waals surface area contributed by atoms with Crippen LogP contribution in [0.4, 0.5) is 5.69 Å². The summed E-state index contributed by atoms with van der Waals surface area (Å²) in [4.78, 5) is 22.7. The van der Waals surface area contributed by atoms with Crippen LogP contribution >= 0.6 is 0 Å². The molecule has 0 amide bonds. The number of benzene rings is 1. The standard InChI is InChI=1S/C22H22N6O3/c1-15-3-2-4-16(11-15)17-5-6-28(25-17)19-12-18(26-7-9-31-10-8-26)21-22(24-19)27(14-23-21)13-20(29)30/h2-6,11-12,14H,7-10,13H2,1H3,(H,29,30). The number of carbonyl (C=O) groups is 1. The highest BCUT2D eigenvalue weighted by molar-refractivity contribution is 5.88. The summed E-state index contributed by atoms with van der Waals surface area (Å²) < 4.78 is 8.76. The van der Waals surface area contributed by atoms with E-state index in [9.17, 15) is 9.90 Å². The average Bonchev–Trinajstić information content (AvgIpc) is 3.41. The summed E-state index contributed by atoms with van der Waals surface area (Å²) >= 11 is 0. The first-order valence-electron chi connectivity index (χ1n) is 10.1. The Kier molecular flexibility index (Phi) is 4.87. The largest absolute Gasteiger partial charge is 0.480 e. The molecule has 0 saturated carbocycles. The normalized spacial score (nSPS) is 14.3. The Morgan fingerprint density at radius 2 is 2.03 bits per heavy atom. The van der Waals surface area contributed by atoms with Gasteiger partial charge in [0, 0.05) is 30.9 Å². The second-order valence-corrected chi connectivity index (χ2v) is 7.55. The minimum absolute atomic E-state index is 0.205. The van der Waals surface area contributed by atoms with Crippen molar-refractivity contribution in [2.45, 2.75) is 13.5 Å². The first-order valence-corrected chi connectivity index (χ1v) is 10.1. The fourth-order valence-corrected chi connectivity index (χ4v) is 3.84. The van der Waals surface area contributed by atoms with E-state index in [1.165, 1.54) is 11.9 Å². The lowest BCUT2D eigenvalue weighted by atomic mass is 10.1. The molecule has 0 unspecified atom stereocenters. The molecule has 31 heavy (non-hydrogen) atoms. The maximum absolute atomic E-state index is 11.3. The maximum Gasteiger partial charge on any atom is 0.323 e. The van der Waals surface area contributed by atoms with Gasteiger partial charge in [-0.25, -0.2) is 14.6 Å². The quantitative estimate of drug-likeness (QED) is 0.532.